The van der Waals surface area contributed by atoms with Crippen molar-refractivity contribution in [3.63, 3.8) is 0 Å². The fourth-order valence-corrected chi connectivity index (χ4v) is 2.00. The first kappa shape index (κ1) is 11.2. The van der Waals surface area contributed by atoms with Gasteiger partial charge in [-0.2, -0.15) is 9.38 Å². The molecule has 1 aromatic carbocycles. The molecule has 0 spiro atoms. The fourth-order valence-electron chi connectivity index (χ4n) is 1.17. The number of thioether (sulfide) groups is 1. The smallest absolute Gasteiger partial charge is 0.213 e. The lowest BCUT2D eigenvalue weighted by Gasteiger charge is -2.01. The third-order valence-corrected chi connectivity index (χ3v) is 2.87. The molecule has 1 aliphatic rings. The Kier molecular flexibility index (Phi) is 3.28. The molecule has 0 amide bonds. The Morgan fingerprint density at radius 2 is 2.06 bits per heavy atom. The van der Waals surface area contributed by atoms with Crippen molar-refractivity contribution in [3.05, 3.63) is 35.4 Å². The summed E-state index contributed by atoms with van der Waals surface area (Å²) in [4.78, 5) is 7.30. The van der Waals surface area contributed by atoms with Gasteiger partial charge in [-0.05, 0) is 11.6 Å². The Balaban J connectivity index is 2.00. The molecule has 0 bridgehead atoms. The monoisotopic (exact) mass is 244 g/mol. The fraction of sp³-hybridized carbons (Fsp3) is 0.200. The number of hydrogen-bond acceptors (Lipinski definition) is 3. The third kappa shape index (κ3) is 2.63. The molecule has 0 atom stereocenters. The van der Waals surface area contributed by atoms with E-state index in [4.69, 9.17) is 0 Å². The summed E-state index contributed by atoms with van der Waals surface area (Å²) >= 11 is 1.12. The summed E-state index contributed by atoms with van der Waals surface area (Å²) in [6.07, 6.45) is 0. The minimum absolute atomic E-state index is 0.0474. The number of amidine groups is 1. The van der Waals surface area contributed by atoms with E-state index in [0.29, 0.717) is 10.7 Å². The first-order chi connectivity index (χ1) is 7.65. The van der Waals surface area contributed by atoms with E-state index in [1.54, 1.807) is 0 Å². The molecule has 84 valence electrons. The Morgan fingerprint density at radius 1 is 1.25 bits per heavy atom. The van der Waals surface area contributed by atoms with Crippen LogP contribution in [0.3, 0.4) is 0 Å². The number of benzene rings is 1. The second-order valence-electron chi connectivity index (χ2n) is 3.11. The maximum absolute atomic E-state index is 13.2. The van der Waals surface area contributed by atoms with Crippen LogP contribution in [0, 0.1) is 11.6 Å². The molecule has 0 fully saturated rings. The Morgan fingerprint density at radius 3 is 2.69 bits per heavy atom. The molecule has 1 heterocycles. The van der Waals surface area contributed by atoms with Crippen LogP contribution in [-0.2, 0) is 5.75 Å². The summed E-state index contributed by atoms with van der Waals surface area (Å²) in [6, 6.07) is 3.35. The zero-order valence-electron chi connectivity index (χ0n) is 8.08. The van der Waals surface area contributed by atoms with E-state index < -0.39 is 17.6 Å². The molecule has 0 unspecified atom stereocenters. The van der Waals surface area contributed by atoms with Crippen LogP contribution in [0.4, 0.5) is 13.2 Å². The quantitative estimate of drug-likeness (QED) is 0.785. The summed E-state index contributed by atoms with van der Waals surface area (Å²) in [5.41, 5.74) is 0.344. The molecule has 0 aromatic heterocycles. The average Bonchev–Trinajstić information content (AvgIpc) is 2.63. The molecule has 0 saturated carbocycles. The molecule has 0 aliphatic carbocycles. The topological polar surface area (TPSA) is 24.7 Å². The van der Waals surface area contributed by atoms with Gasteiger partial charge in [0.2, 0.25) is 5.97 Å². The van der Waals surface area contributed by atoms with E-state index in [1.165, 1.54) is 12.1 Å². The number of aliphatic imine (C=N–C) groups is 2. The van der Waals surface area contributed by atoms with Gasteiger partial charge in [0, 0.05) is 11.8 Å². The van der Waals surface area contributed by atoms with E-state index in [2.05, 4.69) is 9.98 Å². The van der Waals surface area contributed by atoms with Crippen molar-refractivity contribution in [1.29, 1.82) is 0 Å². The number of halogens is 3. The van der Waals surface area contributed by atoms with Crippen LogP contribution in [0.25, 0.3) is 0 Å². The molecule has 1 aliphatic heterocycles. The van der Waals surface area contributed by atoms with Crippen molar-refractivity contribution in [3.8, 4) is 0 Å². The van der Waals surface area contributed by atoms with Crippen molar-refractivity contribution in [1.82, 2.24) is 0 Å². The van der Waals surface area contributed by atoms with Gasteiger partial charge in [0.05, 0.1) is 0 Å². The van der Waals surface area contributed by atoms with Crippen molar-refractivity contribution >= 4 is 22.9 Å². The third-order valence-electron chi connectivity index (χ3n) is 1.93. The molecule has 2 nitrogen and oxygen atoms in total. The van der Waals surface area contributed by atoms with E-state index in [1.807, 2.05) is 0 Å². The van der Waals surface area contributed by atoms with Crippen molar-refractivity contribution in [2.45, 2.75) is 5.75 Å². The predicted molar refractivity (Wildman–Crippen MR) is 58.5 cm³/mol. The minimum Gasteiger partial charge on any atom is -0.252 e. The Bertz CT molecular complexity index is 471. The lowest BCUT2D eigenvalue weighted by atomic mass is 10.2. The Labute approximate surface area is 94.3 Å². The lowest BCUT2D eigenvalue weighted by Crippen LogP contribution is -1.92. The molecular weight excluding hydrogens is 237 g/mol. The molecule has 6 heteroatoms. The number of rotatable bonds is 2. The lowest BCUT2D eigenvalue weighted by molar-refractivity contribution is 0.577. The maximum atomic E-state index is 13.2. The van der Waals surface area contributed by atoms with E-state index in [9.17, 15) is 13.2 Å². The van der Waals surface area contributed by atoms with Crippen LogP contribution < -0.4 is 0 Å². The van der Waals surface area contributed by atoms with Crippen LogP contribution >= 0.6 is 11.8 Å². The van der Waals surface area contributed by atoms with Gasteiger partial charge < -0.3 is 0 Å². The van der Waals surface area contributed by atoms with Gasteiger partial charge in [-0.3, -0.25) is 4.99 Å². The van der Waals surface area contributed by atoms with Gasteiger partial charge in [0.15, 0.2) is 5.17 Å². The van der Waals surface area contributed by atoms with Crippen LogP contribution in [0.2, 0.25) is 0 Å². The highest BCUT2D eigenvalue weighted by Crippen LogP contribution is 2.20. The second kappa shape index (κ2) is 4.69. The molecule has 0 N–H and O–H groups in total. The van der Waals surface area contributed by atoms with E-state index in [-0.39, 0.29) is 12.3 Å². The first-order valence-electron chi connectivity index (χ1n) is 4.49. The van der Waals surface area contributed by atoms with Gasteiger partial charge in [-0.1, -0.05) is 17.8 Å². The normalized spacial score (nSPS) is 14.9. The summed E-state index contributed by atoms with van der Waals surface area (Å²) in [5, 5.41) is 0.293. The van der Waals surface area contributed by atoms with Gasteiger partial charge in [0.25, 0.3) is 0 Å². The van der Waals surface area contributed by atoms with E-state index >= 15 is 0 Å². The van der Waals surface area contributed by atoms with Crippen LogP contribution in [0.15, 0.2) is 28.2 Å². The zero-order chi connectivity index (χ0) is 11.5. The number of hydrogen-bond donors (Lipinski definition) is 0. The van der Waals surface area contributed by atoms with Gasteiger partial charge in [-0.25, -0.2) is 8.78 Å². The maximum Gasteiger partial charge on any atom is 0.213 e. The molecule has 0 saturated heterocycles. The Hall–Kier alpha value is -1.30. The molecule has 16 heavy (non-hydrogen) atoms. The molecule has 0 radical (unpaired) electrons. The van der Waals surface area contributed by atoms with Gasteiger partial charge in [-0.15, -0.1) is 0 Å². The van der Waals surface area contributed by atoms with Crippen molar-refractivity contribution in [2.24, 2.45) is 9.98 Å². The molecular formula is C10H7F3N2S. The van der Waals surface area contributed by atoms with Gasteiger partial charge in [0.1, 0.15) is 18.2 Å². The number of nitrogens with zero attached hydrogens (tertiary/aromatic N) is 2. The highest BCUT2D eigenvalue weighted by molar-refractivity contribution is 8.13. The minimum atomic E-state index is -0.617. The SMILES string of the molecule is FC1=NC(SCc2ccc(F)cc2F)=NC1. The van der Waals surface area contributed by atoms with Crippen LogP contribution in [0.5, 0.6) is 0 Å². The summed E-state index contributed by atoms with van der Waals surface area (Å²) < 4.78 is 38.3. The largest absolute Gasteiger partial charge is 0.252 e. The van der Waals surface area contributed by atoms with E-state index in [0.717, 1.165) is 17.8 Å². The highest BCUT2D eigenvalue weighted by atomic mass is 32.2. The standard InChI is InChI=1S/C10H7F3N2S/c11-7-2-1-6(8(12)3-7)5-16-10-14-4-9(13)15-10/h1-3H,4-5H2. The predicted octanol–water partition coefficient (Wildman–Crippen LogP) is 2.94. The summed E-state index contributed by atoms with van der Waals surface area (Å²) in [7, 11) is 0. The summed E-state index contributed by atoms with van der Waals surface area (Å²) in [6.45, 7) is -0.0474. The van der Waals surface area contributed by atoms with Gasteiger partial charge >= 0.3 is 0 Å². The average molecular weight is 244 g/mol. The van der Waals surface area contributed by atoms with Crippen LogP contribution in [0.1, 0.15) is 5.56 Å². The van der Waals surface area contributed by atoms with Crippen molar-refractivity contribution < 1.29 is 13.2 Å². The second-order valence-corrected chi connectivity index (χ2v) is 4.05. The highest BCUT2D eigenvalue weighted by Gasteiger charge is 2.11. The first-order valence-corrected chi connectivity index (χ1v) is 5.48. The zero-order valence-corrected chi connectivity index (χ0v) is 8.90. The molecule has 1 aromatic rings. The molecule has 2 rings (SSSR count). The van der Waals surface area contributed by atoms with Crippen LogP contribution in [-0.4, -0.2) is 17.7 Å². The van der Waals surface area contributed by atoms with Crippen molar-refractivity contribution in [2.75, 3.05) is 6.54 Å². The summed E-state index contributed by atoms with van der Waals surface area (Å²) in [5.74, 6) is -1.52.